The van der Waals surface area contributed by atoms with E-state index in [0.717, 1.165) is 29.8 Å². The van der Waals surface area contributed by atoms with Crippen LogP contribution in [-0.2, 0) is 18.7 Å². The summed E-state index contributed by atoms with van der Waals surface area (Å²) < 4.78 is 6.67. The number of phenolic OH excluding ortho intramolecular Hbond substituents is 1. The zero-order valence-corrected chi connectivity index (χ0v) is 15.0. The molecular weight excluding hydrogens is 334 g/mol. The molecule has 0 radical (unpaired) electrons. The van der Waals surface area contributed by atoms with E-state index >= 15 is 0 Å². The topological polar surface area (TPSA) is 32.7 Å². The number of hydrogen-bond donors (Lipinski definition) is 1. The van der Waals surface area contributed by atoms with Gasteiger partial charge >= 0.3 is 0 Å². The number of nitrogens with zero attached hydrogens (tertiary/aromatic N) is 1. The Morgan fingerprint density at radius 2 is 1.70 bits per heavy atom. The lowest BCUT2D eigenvalue weighted by molar-refractivity contribution is -0.0665. The minimum Gasteiger partial charge on any atom is -0.508 e. The van der Waals surface area contributed by atoms with Crippen LogP contribution in [0.1, 0.15) is 22.3 Å². The molecule has 3 aromatic rings. The molecule has 0 aliphatic carbocycles. The summed E-state index contributed by atoms with van der Waals surface area (Å²) in [6.07, 6.45) is 5.27. The van der Waals surface area contributed by atoms with Crippen LogP contribution >= 0.6 is 0 Å². The van der Waals surface area contributed by atoms with Gasteiger partial charge in [0, 0.05) is 29.8 Å². The van der Waals surface area contributed by atoms with Gasteiger partial charge in [0.2, 0.25) is 5.72 Å². The number of para-hydroxylation sites is 2. The average molecular weight is 355 g/mol. The fourth-order valence-electron chi connectivity index (χ4n) is 4.16. The summed E-state index contributed by atoms with van der Waals surface area (Å²) >= 11 is 0. The van der Waals surface area contributed by atoms with Gasteiger partial charge in [-0.3, -0.25) is 4.90 Å². The largest absolute Gasteiger partial charge is 0.508 e. The van der Waals surface area contributed by atoms with Crippen molar-refractivity contribution in [2.45, 2.75) is 18.7 Å². The third-order valence-electron chi connectivity index (χ3n) is 5.55. The van der Waals surface area contributed by atoms with Crippen LogP contribution in [0.5, 0.6) is 11.5 Å². The molecule has 2 heterocycles. The van der Waals surface area contributed by atoms with E-state index in [0.29, 0.717) is 12.3 Å². The summed E-state index contributed by atoms with van der Waals surface area (Å²) in [7, 11) is 0. The lowest BCUT2D eigenvalue weighted by Gasteiger charge is -2.47. The van der Waals surface area contributed by atoms with Crippen LogP contribution in [0, 0.1) is 0 Å². The van der Waals surface area contributed by atoms with Crippen molar-refractivity contribution in [1.29, 1.82) is 0 Å². The van der Waals surface area contributed by atoms with Gasteiger partial charge in [0.1, 0.15) is 11.5 Å². The highest BCUT2D eigenvalue weighted by Gasteiger charge is 2.44. The maximum absolute atomic E-state index is 10.3. The zero-order chi connectivity index (χ0) is 18.3. The van der Waals surface area contributed by atoms with Crippen molar-refractivity contribution in [3.05, 3.63) is 101 Å². The maximum Gasteiger partial charge on any atom is 0.209 e. The number of benzene rings is 3. The van der Waals surface area contributed by atoms with Gasteiger partial charge in [-0.1, -0.05) is 60.7 Å². The Balaban J connectivity index is 1.63. The fraction of sp³-hybridized carbons (Fsp3) is 0.167. The molecule has 27 heavy (non-hydrogen) atoms. The molecule has 0 amide bonds. The first kappa shape index (κ1) is 16.2. The molecule has 3 nitrogen and oxygen atoms in total. The molecular formula is C24H21NO2. The quantitative estimate of drug-likeness (QED) is 0.723. The van der Waals surface area contributed by atoms with Crippen LogP contribution in [0.2, 0.25) is 0 Å². The summed E-state index contributed by atoms with van der Waals surface area (Å²) in [5, 5.41) is 10.3. The Hall–Kier alpha value is -3.04. The van der Waals surface area contributed by atoms with Crippen molar-refractivity contribution in [2.75, 3.05) is 6.54 Å². The summed E-state index contributed by atoms with van der Waals surface area (Å²) in [4.78, 5) is 2.32. The molecule has 0 saturated carbocycles. The van der Waals surface area contributed by atoms with Gasteiger partial charge in [-0.2, -0.15) is 0 Å². The summed E-state index contributed by atoms with van der Waals surface area (Å²) in [6.45, 7) is 1.48. The minimum absolute atomic E-state index is 0.326. The van der Waals surface area contributed by atoms with Gasteiger partial charge in [-0.15, -0.1) is 0 Å². The second-order valence-electron chi connectivity index (χ2n) is 7.13. The van der Waals surface area contributed by atoms with Gasteiger partial charge in [0.25, 0.3) is 0 Å². The molecule has 1 N–H and O–H groups in total. The SMILES string of the molecule is Oc1ccccc1CN1CCc2ccccc2C12C=Cc1ccccc1O2. The molecule has 0 fully saturated rings. The predicted octanol–water partition coefficient (Wildman–Crippen LogP) is 4.71. The first-order valence-corrected chi connectivity index (χ1v) is 9.34. The number of fused-ring (bicyclic) bond motifs is 3. The first-order chi connectivity index (χ1) is 13.3. The number of ether oxygens (including phenoxy) is 1. The molecule has 1 atom stereocenters. The van der Waals surface area contributed by atoms with Crippen molar-refractivity contribution in [3.63, 3.8) is 0 Å². The fourth-order valence-corrected chi connectivity index (χ4v) is 4.16. The van der Waals surface area contributed by atoms with Crippen molar-refractivity contribution >= 4 is 6.08 Å². The van der Waals surface area contributed by atoms with Gasteiger partial charge in [-0.25, -0.2) is 0 Å². The normalized spacial score (nSPS) is 20.7. The molecule has 1 spiro atoms. The van der Waals surface area contributed by atoms with Crippen molar-refractivity contribution in [3.8, 4) is 11.5 Å². The van der Waals surface area contributed by atoms with E-state index in [1.165, 1.54) is 11.1 Å². The molecule has 0 saturated heterocycles. The molecule has 134 valence electrons. The summed E-state index contributed by atoms with van der Waals surface area (Å²) in [5.41, 5.74) is 3.83. The third-order valence-corrected chi connectivity index (χ3v) is 5.55. The van der Waals surface area contributed by atoms with Gasteiger partial charge < -0.3 is 9.84 Å². The number of hydrogen-bond acceptors (Lipinski definition) is 3. The van der Waals surface area contributed by atoms with E-state index in [-0.39, 0.29) is 0 Å². The minimum atomic E-state index is -0.661. The van der Waals surface area contributed by atoms with E-state index in [4.69, 9.17) is 4.74 Å². The van der Waals surface area contributed by atoms with Crippen LogP contribution in [-0.4, -0.2) is 16.6 Å². The van der Waals surface area contributed by atoms with Crippen molar-refractivity contribution < 1.29 is 9.84 Å². The summed E-state index contributed by atoms with van der Waals surface area (Å²) in [5.74, 6) is 1.21. The van der Waals surface area contributed by atoms with Gasteiger partial charge in [0.15, 0.2) is 0 Å². The second kappa shape index (κ2) is 6.29. The van der Waals surface area contributed by atoms with E-state index in [1.54, 1.807) is 6.07 Å². The molecule has 5 rings (SSSR count). The van der Waals surface area contributed by atoms with E-state index in [2.05, 4.69) is 47.4 Å². The Kier molecular flexibility index (Phi) is 3.76. The third kappa shape index (κ3) is 2.63. The van der Waals surface area contributed by atoms with Crippen LogP contribution in [0.3, 0.4) is 0 Å². The van der Waals surface area contributed by atoms with Crippen LogP contribution in [0.25, 0.3) is 6.08 Å². The number of rotatable bonds is 2. The lowest BCUT2D eigenvalue weighted by atomic mass is 9.87. The lowest BCUT2D eigenvalue weighted by Crippen LogP contribution is -2.53. The van der Waals surface area contributed by atoms with E-state index in [9.17, 15) is 5.11 Å². The van der Waals surface area contributed by atoms with Gasteiger partial charge in [-0.05, 0) is 36.3 Å². The molecule has 3 heteroatoms. The molecule has 0 bridgehead atoms. The number of aromatic hydroxyl groups is 1. The highest BCUT2D eigenvalue weighted by atomic mass is 16.5. The Bertz CT molecular complexity index is 1030. The van der Waals surface area contributed by atoms with E-state index in [1.807, 2.05) is 36.4 Å². The molecule has 0 aromatic heterocycles. The zero-order valence-electron chi connectivity index (χ0n) is 15.0. The van der Waals surface area contributed by atoms with Gasteiger partial charge in [0.05, 0.1) is 0 Å². The molecule has 1 unspecified atom stereocenters. The molecule has 3 aromatic carbocycles. The smallest absolute Gasteiger partial charge is 0.209 e. The van der Waals surface area contributed by atoms with Crippen molar-refractivity contribution in [2.24, 2.45) is 0 Å². The monoisotopic (exact) mass is 355 g/mol. The molecule has 2 aliphatic rings. The standard InChI is InChI=1S/C24H21NO2/c26-22-11-5-2-9-20(22)17-25-16-14-18-7-1-4-10-21(18)24(25)15-13-19-8-3-6-12-23(19)27-24/h1-13,15,26H,14,16-17H2. The first-order valence-electron chi connectivity index (χ1n) is 9.34. The highest BCUT2D eigenvalue weighted by Crippen LogP contribution is 2.44. The van der Waals surface area contributed by atoms with E-state index < -0.39 is 5.72 Å². The highest BCUT2D eigenvalue weighted by molar-refractivity contribution is 5.62. The Morgan fingerprint density at radius 1 is 0.926 bits per heavy atom. The second-order valence-corrected chi connectivity index (χ2v) is 7.13. The Morgan fingerprint density at radius 3 is 2.63 bits per heavy atom. The van der Waals surface area contributed by atoms with Crippen LogP contribution in [0.4, 0.5) is 0 Å². The van der Waals surface area contributed by atoms with Crippen LogP contribution in [0.15, 0.2) is 78.9 Å². The Labute approximate surface area is 159 Å². The average Bonchev–Trinajstić information content (AvgIpc) is 2.72. The summed E-state index contributed by atoms with van der Waals surface area (Å²) in [6, 6.07) is 24.2. The molecule has 2 aliphatic heterocycles. The van der Waals surface area contributed by atoms with Crippen molar-refractivity contribution in [1.82, 2.24) is 4.90 Å². The van der Waals surface area contributed by atoms with Crippen LogP contribution < -0.4 is 4.74 Å². The maximum atomic E-state index is 10.3. The predicted molar refractivity (Wildman–Crippen MR) is 106 cm³/mol. The number of phenols is 1.